The lowest BCUT2D eigenvalue weighted by Gasteiger charge is -2.57. The van der Waals surface area contributed by atoms with Gasteiger partial charge in [0.1, 0.15) is 6.61 Å². The number of hydrogen-bond acceptors (Lipinski definition) is 4. The minimum Gasteiger partial charge on any atom is -0.395 e. The van der Waals surface area contributed by atoms with Crippen LogP contribution in [0.3, 0.4) is 0 Å². The Morgan fingerprint density at radius 1 is 1.10 bits per heavy atom. The van der Waals surface area contributed by atoms with E-state index < -0.39 is 0 Å². The van der Waals surface area contributed by atoms with Gasteiger partial charge in [-0.1, -0.05) is 54.1 Å². The van der Waals surface area contributed by atoms with Crippen LogP contribution in [-0.4, -0.2) is 72.9 Å². The van der Waals surface area contributed by atoms with E-state index in [2.05, 4.69) is 60.4 Å². The second-order valence-corrected chi connectivity index (χ2v) is 8.55. The van der Waals surface area contributed by atoms with E-state index in [1.807, 2.05) is 4.90 Å². The van der Waals surface area contributed by atoms with E-state index >= 15 is 0 Å². The Morgan fingerprint density at radius 2 is 1.87 bits per heavy atom. The summed E-state index contributed by atoms with van der Waals surface area (Å²) in [5, 5.41) is 10.1. The molecule has 2 fully saturated rings. The molecule has 4 rings (SSSR count). The monoisotopic (exact) mass is 408 g/mol. The SMILES string of the molecule is COCC(=O)N1CCCCN2[C@H](CO)[C@@H](c3ccc(-c4cccc(C)c4)cc3)[C@@H]2C1. The molecule has 0 bridgehead atoms. The second-order valence-electron chi connectivity index (χ2n) is 8.55. The van der Waals surface area contributed by atoms with E-state index in [1.165, 1.54) is 22.3 Å². The Balaban J connectivity index is 1.56. The molecule has 0 saturated carbocycles. The number of carbonyl (C=O) groups excluding carboxylic acids is 1. The Kier molecular flexibility index (Phi) is 6.52. The number of fused-ring (bicyclic) bond motifs is 1. The van der Waals surface area contributed by atoms with Crippen molar-refractivity contribution in [2.75, 3.05) is 40.0 Å². The van der Waals surface area contributed by atoms with Gasteiger partial charge in [-0.25, -0.2) is 0 Å². The Bertz CT molecular complexity index is 867. The van der Waals surface area contributed by atoms with Crippen molar-refractivity contribution < 1.29 is 14.6 Å². The van der Waals surface area contributed by atoms with Crippen molar-refractivity contribution in [1.82, 2.24) is 9.80 Å². The maximum atomic E-state index is 12.5. The maximum Gasteiger partial charge on any atom is 0.248 e. The number of carbonyl (C=O) groups is 1. The molecule has 0 radical (unpaired) electrons. The number of methoxy groups -OCH3 is 1. The molecule has 2 aliphatic heterocycles. The average Bonchev–Trinajstić information content (AvgIpc) is 2.73. The molecule has 0 unspecified atom stereocenters. The summed E-state index contributed by atoms with van der Waals surface area (Å²) < 4.78 is 5.08. The zero-order valence-electron chi connectivity index (χ0n) is 18.0. The predicted octanol–water partition coefficient (Wildman–Crippen LogP) is 3.06. The van der Waals surface area contributed by atoms with E-state index in [1.54, 1.807) is 7.11 Å². The van der Waals surface area contributed by atoms with Crippen molar-refractivity contribution >= 4 is 5.91 Å². The van der Waals surface area contributed by atoms with Crippen LogP contribution in [-0.2, 0) is 9.53 Å². The van der Waals surface area contributed by atoms with Gasteiger partial charge in [0.05, 0.1) is 6.61 Å². The third-order valence-electron chi connectivity index (χ3n) is 6.64. The van der Waals surface area contributed by atoms with Crippen LogP contribution in [0.2, 0.25) is 0 Å². The number of amides is 1. The van der Waals surface area contributed by atoms with Crippen molar-refractivity contribution in [2.24, 2.45) is 0 Å². The largest absolute Gasteiger partial charge is 0.395 e. The first-order valence-electron chi connectivity index (χ1n) is 10.9. The zero-order chi connectivity index (χ0) is 21.1. The quantitative estimate of drug-likeness (QED) is 0.826. The molecule has 0 aromatic heterocycles. The summed E-state index contributed by atoms with van der Waals surface area (Å²) >= 11 is 0. The minimum atomic E-state index is 0.0559. The van der Waals surface area contributed by atoms with Gasteiger partial charge in [0.25, 0.3) is 0 Å². The lowest BCUT2D eigenvalue weighted by atomic mass is 9.74. The van der Waals surface area contributed by atoms with Crippen LogP contribution in [0.25, 0.3) is 11.1 Å². The fourth-order valence-electron chi connectivity index (χ4n) is 5.10. The molecule has 2 saturated heterocycles. The number of nitrogens with zero attached hydrogens (tertiary/aromatic N) is 2. The Morgan fingerprint density at radius 3 is 2.57 bits per heavy atom. The molecule has 2 heterocycles. The molecular weight excluding hydrogens is 376 g/mol. The van der Waals surface area contributed by atoms with Gasteiger partial charge < -0.3 is 14.7 Å². The normalized spacial score (nSPS) is 24.5. The van der Waals surface area contributed by atoms with Crippen molar-refractivity contribution in [3.63, 3.8) is 0 Å². The fourth-order valence-corrected chi connectivity index (χ4v) is 5.10. The zero-order valence-corrected chi connectivity index (χ0v) is 18.0. The van der Waals surface area contributed by atoms with Crippen LogP contribution in [0.5, 0.6) is 0 Å². The molecule has 2 aliphatic rings. The number of hydrogen-bond donors (Lipinski definition) is 1. The standard InChI is InChI=1S/C25H32N2O3/c1-18-6-5-7-21(14-18)19-8-10-20(11-9-19)25-22-15-26(24(29)17-30-2)12-3-4-13-27(22)23(25)16-28/h5-11,14,22-23,25,28H,3-4,12-13,15-17H2,1-2H3/t22-,23+,25-/m0/s1. The summed E-state index contributed by atoms with van der Waals surface area (Å²) in [6.45, 7) is 4.86. The number of aliphatic hydroxyl groups excluding tert-OH is 1. The lowest BCUT2D eigenvalue weighted by Crippen LogP contribution is -2.68. The van der Waals surface area contributed by atoms with Crippen LogP contribution in [0.1, 0.15) is 29.9 Å². The van der Waals surface area contributed by atoms with Crippen LogP contribution >= 0.6 is 0 Å². The summed E-state index contributed by atoms with van der Waals surface area (Å²) in [7, 11) is 1.57. The lowest BCUT2D eigenvalue weighted by molar-refractivity contribution is -0.140. The van der Waals surface area contributed by atoms with Crippen molar-refractivity contribution in [3.8, 4) is 11.1 Å². The van der Waals surface area contributed by atoms with Gasteiger partial charge in [0, 0.05) is 38.2 Å². The highest BCUT2D eigenvalue weighted by Gasteiger charge is 2.49. The van der Waals surface area contributed by atoms with Gasteiger partial charge in [-0.15, -0.1) is 0 Å². The number of benzene rings is 2. The summed E-state index contributed by atoms with van der Waals surface area (Å²) in [6.07, 6.45) is 2.04. The van der Waals surface area contributed by atoms with Gasteiger partial charge in [0.2, 0.25) is 5.91 Å². The third-order valence-corrected chi connectivity index (χ3v) is 6.64. The van der Waals surface area contributed by atoms with E-state index in [0.717, 1.165) is 25.9 Å². The van der Waals surface area contributed by atoms with E-state index in [-0.39, 0.29) is 37.1 Å². The van der Waals surface area contributed by atoms with Crippen molar-refractivity contribution in [1.29, 1.82) is 0 Å². The van der Waals surface area contributed by atoms with Gasteiger partial charge in [-0.05, 0) is 43.0 Å². The molecule has 5 nitrogen and oxygen atoms in total. The molecule has 2 aromatic carbocycles. The van der Waals surface area contributed by atoms with Crippen LogP contribution < -0.4 is 0 Å². The van der Waals surface area contributed by atoms with Gasteiger partial charge in [-0.2, -0.15) is 0 Å². The Hall–Kier alpha value is -2.21. The van der Waals surface area contributed by atoms with Crippen LogP contribution in [0.15, 0.2) is 48.5 Å². The number of aryl methyl sites for hydroxylation is 1. The molecule has 0 aliphatic carbocycles. The van der Waals surface area contributed by atoms with Gasteiger partial charge in [-0.3, -0.25) is 9.69 Å². The molecule has 30 heavy (non-hydrogen) atoms. The number of rotatable bonds is 5. The second kappa shape index (κ2) is 9.29. The van der Waals surface area contributed by atoms with Crippen LogP contribution in [0.4, 0.5) is 0 Å². The molecule has 1 amide bonds. The number of aliphatic hydroxyl groups is 1. The summed E-state index contributed by atoms with van der Waals surface area (Å²) in [5.74, 6) is 0.290. The van der Waals surface area contributed by atoms with Crippen LogP contribution in [0, 0.1) is 6.92 Å². The highest BCUT2D eigenvalue weighted by atomic mass is 16.5. The average molecular weight is 409 g/mol. The first-order valence-corrected chi connectivity index (χ1v) is 10.9. The smallest absolute Gasteiger partial charge is 0.248 e. The highest BCUT2D eigenvalue weighted by Crippen LogP contribution is 2.42. The fraction of sp³-hybridized carbons (Fsp3) is 0.480. The Labute approximate surface area is 179 Å². The topological polar surface area (TPSA) is 53.0 Å². The molecular formula is C25H32N2O3. The molecule has 1 N–H and O–H groups in total. The molecule has 2 aromatic rings. The molecule has 3 atom stereocenters. The van der Waals surface area contributed by atoms with Crippen molar-refractivity contribution in [3.05, 3.63) is 59.7 Å². The molecule has 5 heteroatoms. The third kappa shape index (κ3) is 4.15. The highest BCUT2D eigenvalue weighted by molar-refractivity contribution is 5.77. The number of ether oxygens (including phenoxy) is 1. The van der Waals surface area contributed by atoms with E-state index in [0.29, 0.717) is 6.54 Å². The first-order chi connectivity index (χ1) is 14.6. The first kappa shape index (κ1) is 21.0. The van der Waals surface area contributed by atoms with E-state index in [4.69, 9.17) is 4.74 Å². The van der Waals surface area contributed by atoms with E-state index in [9.17, 15) is 9.90 Å². The molecule has 0 spiro atoms. The van der Waals surface area contributed by atoms with Gasteiger partial charge >= 0.3 is 0 Å². The summed E-state index contributed by atoms with van der Waals surface area (Å²) in [6, 6.07) is 17.6. The van der Waals surface area contributed by atoms with Gasteiger partial charge in [0.15, 0.2) is 0 Å². The molecule has 160 valence electrons. The van der Waals surface area contributed by atoms with Crippen molar-refractivity contribution in [2.45, 2.75) is 37.8 Å². The minimum absolute atomic E-state index is 0.0559. The predicted molar refractivity (Wildman–Crippen MR) is 118 cm³/mol. The summed E-state index contributed by atoms with van der Waals surface area (Å²) in [4.78, 5) is 16.8. The summed E-state index contributed by atoms with van der Waals surface area (Å²) in [5.41, 5.74) is 4.92. The maximum absolute atomic E-state index is 12.5.